The highest BCUT2D eigenvalue weighted by Crippen LogP contribution is 2.40. The number of carbonyl (C=O) groups excluding carboxylic acids is 2. The summed E-state index contributed by atoms with van der Waals surface area (Å²) in [5, 5.41) is 0. The molecule has 29 nitrogen and oxygen atoms in total. The van der Waals surface area contributed by atoms with Gasteiger partial charge in [-0.25, -0.2) is 78.2 Å². The lowest BCUT2D eigenvalue weighted by Gasteiger charge is -2.17. The summed E-state index contributed by atoms with van der Waals surface area (Å²) < 4.78 is 194. The fourth-order valence-electron chi connectivity index (χ4n) is 16.6. The average Bonchev–Trinajstić information content (AvgIpc) is 1.66. The number of carbonyl (C=O) groups is 2. The van der Waals surface area contributed by atoms with Crippen molar-refractivity contribution >= 4 is 45.8 Å². The van der Waals surface area contributed by atoms with Crippen LogP contribution < -0.4 is 21.2 Å². The number of halogens is 14. The molecule has 13 aromatic heterocycles. The molecule has 18 aromatic rings. The molecule has 0 saturated carbocycles. The standard InChI is InChI=1S/C27H25F3N6O.C25H21F3N6O.C24H17F5N6O.C24H20F3N7O.4CH4/c1-16(2)19-7-5-6-8-20(19)23-31-13-21-25(33-23)36(26(37)35(21)4)14-17-9-11-18(12-10-17)24-32-22(15-34(24)3)27(28,29)30;1-3-19-18(5-4-10-29-19)22-30-12-17-11-21(35)34(24(17)32-22)13-15-6-8-16(9-7-15)23-31-20(14-33(23)2)25(26,27)28;1-34-12-17(24(27,28)29)32-22(34)14-6-4-13(5-7-14)11-35-18(36)9-15-10-31-21(33-23(15)35)16-3-2-8-30-19(16)20(25)26;1-14-17(5-4-10-28-14)20-29-11-18-22(31-20)34(23(35)33(18)3)12-15-6-8-16(9-7-15)21-30-19(13-32(21)2)24(25,26)27;;;;/h5-13,15-16H,14H2,1-4H3;4-10,12,14H,3,11,13H2,1-2H3;2-8,10,12,20H,9,11H2,1H3;4-11,13H,12H2,1-3H3;4*1H4. The fourth-order valence-corrected chi connectivity index (χ4v) is 16.6. The third-order valence-electron chi connectivity index (χ3n) is 24.0. The maximum atomic E-state index is 13.4. The van der Waals surface area contributed by atoms with Crippen LogP contribution in [0, 0.1) is 6.92 Å². The quantitative estimate of drug-likeness (QED) is 0.0679. The van der Waals surface area contributed by atoms with Crippen molar-refractivity contribution in [1.82, 2.24) is 111 Å². The Morgan fingerprint density at radius 2 is 0.673 bits per heavy atom. The van der Waals surface area contributed by atoms with Gasteiger partial charge in [0, 0.05) is 159 Å². The normalized spacial score (nSPS) is 12.4. The second-order valence-electron chi connectivity index (χ2n) is 34.0. The molecule has 0 atom stereocenters. The van der Waals surface area contributed by atoms with Crippen molar-refractivity contribution in [2.45, 2.75) is 140 Å². The summed E-state index contributed by atoms with van der Waals surface area (Å²) in [7, 11) is 9.37. The van der Waals surface area contributed by atoms with Crippen molar-refractivity contribution < 1.29 is 71.1 Å². The largest absolute Gasteiger partial charge is 0.434 e. The average molecular weight is 2030 g/mol. The molecule has 0 fully saturated rings. The van der Waals surface area contributed by atoms with Gasteiger partial charge in [-0.1, -0.05) is 172 Å². The van der Waals surface area contributed by atoms with Crippen molar-refractivity contribution in [1.29, 1.82) is 0 Å². The van der Waals surface area contributed by atoms with Gasteiger partial charge < -0.3 is 18.3 Å². The van der Waals surface area contributed by atoms with E-state index >= 15 is 0 Å². The Morgan fingerprint density at radius 1 is 0.354 bits per heavy atom. The van der Waals surface area contributed by atoms with Gasteiger partial charge in [0.1, 0.15) is 51.7 Å². The molecule has 0 N–H and O–H groups in total. The van der Waals surface area contributed by atoms with Gasteiger partial charge in [-0.05, 0) is 83.5 Å². The van der Waals surface area contributed by atoms with Gasteiger partial charge in [0.05, 0.1) is 57.1 Å². The molecule has 20 rings (SSSR count). The second-order valence-corrected chi connectivity index (χ2v) is 34.0. The van der Waals surface area contributed by atoms with E-state index in [1.165, 1.54) is 85.0 Å². The predicted octanol–water partition coefficient (Wildman–Crippen LogP) is 21.5. The van der Waals surface area contributed by atoms with Crippen molar-refractivity contribution in [3.8, 4) is 91.1 Å². The van der Waals surface area contributed by atoms with Crippen LogP contribution in [0.25, 0.3) is 113 Å². The minimum absolute atomic E-state index is 0. The Kier molecular flexibility index (Phi) is 31.5. The molecule has 0 spiro atoms. The van der Waals surface area contributed by atoms with Crippen molar-refractivity contribution in [2.24, 2.45) is 42.3 Å². The summed E-state index contributed by atoms with van der Waals surface area (Å²) in [4.78, 5) is 118. The molecule has 147 heavy (non-hydrogen) atoms. The SMILES string of the molecule is C.C.C.C.CC(C)c1ccccc1-c1ncc2c(n1)n(Cc1ccc(-c3nc(C(F)(F)F)cn3C)cc1)c(=O)n2C.CCc1ncccc1-c1ncc2c(n1)N(Cc1ccc(-c3nc(C(F)(F)F)cn3C)cc1)C(=O)C2.Cc1ncccc1-c1ncc2c(n1)n(Cc1ccc(-c3nc(C(F)(F)F)cn3C)cc1)c(=O)n2C.Cn1cc(C(F)(F)F)nc1-c1ccc(CN2C(=O)Cc3cnc(-c4cccnc4C(F)F)nc32)cc1. The third kappa shape index (κ3) is 22.4. The molecular formula is C104H99F14N25O4. The Morgan fingerprint density at radius 3 is 1.03 bits per heavy atom. The van der Waals surface area contributed by atoms with Crippen LogP contribution in [0.5, 0.6) is 0 Å². The highest BCUT2D eigenvalue weighted by atomic mass is 19.4. The molecule has 5 aromatic carbocycles. The molecule has 0 saturated heterocycles. The van der Waals surface area contributed by atoms with E-state index in [-0.39, 0.29) is 133 Å². The van der Waals surface area contributed by atoms with Crippen LogP contribution in [-0.4, -0.2) is 123 Å². The number of benzene rings is 5. The summed E-state index contributed by atoms with van der Waals surface area (Å²) in [5.74, 6) is 3.17. The van der Waals surface area contributed by atoms with Crippen molar-refractivity contribution in [3.05, 3.63) is 326 Å². The first-order valence-electron chi connectivity index (χ1n) is 44.2. The number of anilines is 2. The number of hydrogen-bond acceptors (Lipinski definition) is 19. The van der Waals surface area contributed by atoms with Crippen LogP contribution in [0.1, 0.15) is 142 Å². The molecule has 0 radical (unpaired) electrons. The molecule has 0 aliphatic carbocycles. The predicted molar refractivity (Wildman–Crippen MR) is 527 cm³/mol. The van der Waals surface area contributed by atoms with E-state index in [0.717, 1.165) is 87.1 Å². The topological polar surface area (TPSA) is 308 Å². The van der Waals surface area contributed by atoms with Crippen LogP contribution in [-0.2, 0) is 122 Å². The summed E-state index contributed by atoms with van der Waals surface area (Å²) in [6.07, 6.45) is -5.00. The zero-order valence-corrected chi connectivity index (χ0v) is 77.6. The van der Waals surface area contributed by atoms with E-state index in [1.807, 2.05) is 56.3 Å². The molecule has 0 unspecified atom stereocenters. The number of pyridine rings is 3. The van der Waals surface area contributed by atoms with Gasteiger partial charge in [-0.15, -0.1) is 0 Å². The maximum absolute atomic E-state index is 13.4. The van der Waals surface area contributed by atoms with Crippen LogP contribution >= 0.6 is 0 Å². The van der Waals surface area contributed by atoms with E-state index in [2.05, 4.69) is 78.6 Å². The van der Waals surface area contributed by atoms with Gasteiger partial charge >= 0.3 is 36.1 Å². The molecule has 15 heterocycles. The maximum Gasteiger partial charge on any atom is 0.434 e. The molecule has 0 bridgehead atoms. The number of hydrogen-bond donors (Lipinski definition) is 0. The lowest BCUT2D eigenvalue weighted by molar-refractivity contribution is -0.141. The monoisotopic (exact) mass is 2030 g/mol. The van der Waals surface area contributed by atoms with Gasteiger partial charge in [0.2, 0.25) is 11.8 Å². The van der Waals surface area contributed by atoms with Crippen LogP contribution in [0.4, 0.5) is 73.1 Å². The molecule has 43 heteroatoms. The number of amides is 2. The first-order chi connectivity index (χ1) is 68.0. The number of fused-ring (bicyclic) bond motifs is 4. The van der Waals surface area contributed by atoms with Crippen molar-refractivity contribution in [3.63, 3.8) is 0 Å². The number of imidazole rings is 6. The second kappa shape index (κ2) is 43.0. The minimum atomic E-state index is -4.55. The van der Waals surface area contributed by atoms with Gasteiger partial charge in [0.25, 0.3) is 6.43 Å². The summed E-state index contributed by atoms with van der Waals surface area (Å²) in [5.41, 5.74) is 9.33. The number of aromatic nitrogens is 23. The van der Waals surface area contributed by atoms with E-state index in [1.54, 1.807) is 162 Å². The van der Waals surface area contributed by atoms with Crippen molar-refractivity contribution in [2.75, 3.05) is 9.80 Å². The van der Waals surface area contributed by atoms with Crippen LogP contribution in [0.2, 0.25) is 0 Å². The lowest BCUT2D eigenvalue weighted by Crippen LogP contribution is -2.26. The van der Waals surface area contributed by atoms with E-state index in [9.17, 15) is 80.6 Å². The van der Waals surface area contributed by atoms with Crippen LogP contribution in [0.3, 0.4) is 0 Å². The Balaban J connectivity index is 0.000000162. The minimum Gasteiger partial charge on any atom is -0.333 e. The zero-order valence-electron chi connectivity index (χ0n) is 77.6. The summed E-state index contributed by atoms with van der Waals surface area (Å²) in [6, 6.07) is 45.7. The fraction of sp³-hybridized carbons (Fsp3) is 0.260. The highest BCUT2D eigenvalue weighted by molar-refractivity contribution is 6.01. The van der Waals surface area contributed by atoms with E-state index in [4.69, 9.17) is 9.97 Å². The highest BCUT2D eigenvalue weighted by Gasteiger charge is 2.40. The van der Waals surface area contributed by atoms with Crippen LogP contribution in [0.15, 0.2) is 235 Å². The molecule has 2 aliphatic rings. The Hall–Kier alpha value is -16.8. The first kappa shape index (κ1) is 107. The number of nitrogens with zero attached hydrogens (tertiary/aromatic N) is 25. The molecule has 2 aliphatic heterocycles. The number of aryl methyl sites for hydroxylation is 8. The molecule has 762 valence electrons. The molecule has 2 amide bonds. The number of rotatable bonds is 19. The Bertz CT molecular complexity index is 7990. The Labute approximate surface area is 832 Å². The zero-order chi connectivity index (χ0) is 102. The summed E-state index contributed by atoms with van der Waals surface area (Å²) >= 11 is 0. The first-order valence-corrected chi connectivity index (χ1v) is 44.2. The summed E-state index contributed by atoms with van der Waals surface area (Å²) in [6.45, 7) is 8.97. The van der Waals surface area contributed by atoms with E-state index in [0.29, 0.717) is 84.8 Å². The van der Waals surface area contributed by atoms with E-state index < -0.39 is 59.6 Å². The number of alkyl halides is 14. The lowest BCUT2D eigenvalue weighted by atomic mass is 9.97. The smallest absolute Gasteiger partial charge is 0.333 e. The third-order valence-corrected chi connectivity index (χ3v) is 24.0. The van der Waals surface area contributed by atoms with Gasteiger partial charge in [0.15, 0.2) is 57.4 Å². The van der Waals surface area contributed by atoms with Gasteiger partial charge in [-0.2, -0.15) is 52.7 Å². The van der Waals surface area contributed by atoms with Gasteiger partial charge in [-0.3, -0.25) is 52.6 Å². The molecular weight excluding hydrogens is 1930 g/mol.